The van der Waals surface area contributed by atoms with Crippen molar-refractivity contribution < 1.29 is 14.6 Å². The Hall–Kier alpha value is -2.58. The van der Waals surface area contributed by atoms with Gasteiger partial charge in [0.05, 0.1) is 30.8 Å². The Morgan fingerprint density at radius 2 is 2.03 bits per heavy atom. The number of carbonyl (C=O) groups excluding carboxylic acids is 1. The smallest absolute Gasteiger partial charge is 0.229 e. The number of carbonyl (C=O) groups is 1. The standard InChI is InChI=1S/C30H35ClN4O3/c1-3-21-27(24-6-4-5-9-32-24)28(21)29(37)34-26-14-19-12-22(23(31)13-20(19)15-33-26)18-7-10-35(11-8-18)30(2)17-38-16-25(30)36/h4-6,9,12-15,18,21,25,27-28,36H,3,7-8,10-11,16-17H2,1-2H3,(H,33,34,37)/t21-,25-,27-,28-,30+/m1/s1. The van der Waals surface area contributed by atoms with E-state index < -0.39 is 6.10 Å². The monoisotopic (exact) mass is 534 g/mol. The van der Waals surface area contributed by atoms with E-state index in [9.17, 15) is 9.90 Å². The van der Waals surface area contributed by atoms with Crippen LogP contribution in [0.25, 0.3) is 10.8 Å². The molecule has 1 aromatic carbocycles. The molecule has 1 amide bonds. The summed E-state index contributed by atoms with van der Waals surface area (Å²) in [6.45, 7) is 6.99. The van der Waals surface area contributed by atoms with Crippen molar-refractivity contribution >= 4 is 34.1 Å². The van der Waals surface area contributed by atoms with Gasteiger partial charge in [0.15, 0.2) is 0 Å². The highest BCUT2D eigenvalue weighted by Gasteiger charge is 2.55. The van der Waals surface area contributed by atoms with Gasteiger partial charge in [-0.25, -0.2) is 4.98 Å². The summed E-state index contributed by atoms with van der Waals surface area (Å²) in [4.78, 5) is 24.6. The molecule has 38 heavy (non-hydrogen) atoms. The molecule has 1 aliphatic carbocycles. The average Bonchev–Trinajstić information content (AvgIpc) is 3.58. The number of halogens is 1. The number of ether oxygens (including phenoxy) is 1. The molecule has 6 rings (SSSR count). The number of amides is 1. The first-order chi connectivity index (χ1) is 18.4. The lowest BCUT2D eigenvalue weighted by molar-refractivity contribution is -0.117. The number of hydrogen-bond donors (Lipinski definition) is 2. The van der Waals surface area contributed by atoms with E-state index in [1.165, 1.54) is 0 Å². The minimum atomic E-state index is -0.452. The van der Waals surface area contributed by atoms with Crippen LogP contribution < -0.4 is 5.32 Å². The molecule has 0 bridgehead atoms. The zero-order valence-corrected chi connectivity index (χ0v) is 22.7. The second-order valence-electron chi connectivity index (χ2n) is 11.3. The minimum absolute atomic E-state index is 0.00693. The zero-order chi connectivity index (χ0) is 26.4. The number of anilines is 1. The molecule has 3 aliphatic rings. The number of nitrogens with one attached hydrogen (secondary N) is 1. The summed E-state index contributed by atoms with van der Waals surface area (Å²) in [6, 6.07) is 12.0. The number of benzene rings is 1. The van der Waals surface area contributed by atoms with Gasteiger partial charge in [0.25, 0.3) is 0 Å². The van der Waals surface area contributed by atoms with Gasteiger partial charge in [-0.05, 0) is 86.0 Å². The highest BCUT2D eigenvalue weighted by atomic mass is 35.5. The first-order valence-corrected chi connectivity index (χ1v) is 14.1. The van der Waals surface area contributed by atoms with Crippen LogP contribution in [0.5, 0.6) is 0 Å². The topological polar surface area (TPSA) is 87.6 Å². The molecular weight excluding hydrogens is 500 g/mol. The van der Waals surface area contributed by atoms with Crippen molar-refractivity contribution in [3.8, 4) is 0 Å². The summed E-state index contributed by atoms with van der Waals surface area (Å²) in [5.41, 5.74) is 1.81. The molecule has 7 nitrogen and oxygen atoms in total. The highest BCUT2D eigenvalue weighted by molar-refractivity contribution is 6.32. The molecule has 2 N–H and O–H groups in total. The summed E-state index contributed by atoms with van der Waals surface area (Å²) >= 11 is 6.75. The molecule has 2 aromatic heterocycles. The lowest BCUT2D eigenvalue weighted by Gasteiger charge is -2.43. The number of hydrogen-bond acceptors (Lipinski definition) is 6. The third-order valence-corrected chi connectivity index (χ3v) is 9.43. The number of rotatable bonds is 6. The Morgan fingerprint density at radius 3 is 2.71 bits per heavy atom. The molecule has 0 spiro atoms. The van der Waals surface area contributed by atoms with Crippen LogP contribution in [0.15, 0.2) is 48.8 Å². The number of piperidine rings is 1. The van der Waals surface area contributed by atoms with E-state index in [4.69, 9.17) is 16.3 Å². The van der Waals surface area contributed by atoms with E-state index in [-0.39, 0.29) is 23.3 Å². The van der Waals surface area contributed by atoms with E-state index in [0.29, 0.717) is 30.9 Å². The summed E-state index contributed by atoms with van der Waals surface area (Å²) in [7, 11) is 0. The normalized spacial score (nSPS) is 30.0. The first kappa shape index (κ1) is 25.7. The Bertz CT molecular complexity index is 1330. The Morgan fingerprint density at radius 1 is 1.21 bits per heavy atom. The van der Waals surface area contributed by atoms with Crippen molar-refractivity contribution in [3.63, 3.8) is 0 Å². The first-order valence-electron chi connectivity index (χ1n) is 13.7. The number of likely N-dealkylation sites (tertiary alicyclic amines) is 1. The van der Waals surface area contributed by atoms with Crippen LogP contribution in [0.3, 0.4) is 0 Å². The largest absolute Gasteiger partial charge is 0.389 e. The van der Waals surface area contributed by atoms with E-state index in [0.717, 1.165) is 59.4 Å². The van der Waals surface area contributed by atoms with Crippen molar-refractivity contribution in [2.24, 2.45) is 11.8 Å². The SMILES string of the molecule is CC[C@H]1[C@@H](C(=O)Nc2cc3cc(C4CCN([C@@]5(C)COC[C@H]5O)CC4)c(Cl)cc3cn2)[C@H]1c1ccccn1. The fourth-order valence-corrected chi connectivity index (χ4v) is 6.97. The third-order valence-electron chi connectivity index (χ3n) is 9.11. The molecule has 3 fully saturated rings. The van der Waals surface area contributed by atoms with Gasteiger partial charge in [0.2, 0.25) is 5.91 Å². The molecular formula is C30H35ClN4O3. The third kappa shape index (κ3) is 4.60. The second kappa shape index (κ2) is 10.2. The van der Waals surface area contributed by atoms with E-state index in [1.54, 1.807) is 12.4 Å². The molecule has 0 unspecified atom stereocenters. The van der Waals surface area contributed by atoms with E-state index in [1.807, 2.05) is 30.3 Å². The summed E-state index contributed by atoms with van der Waals surface area (Å²) in [5.74, 6) is 1.30. The van der Waals surface area contributed by atoms with Gasteiger partial charge < -0.3 is 15.2 Å². The quantitative estimate of drug-likeness (QED) is 0.463. The second-order valence-corrected chi connectivity index (χ2v) is 11.7. The van der Waals surface area contributed by atoms with Gasteiger partial charge >= 0.3 is 0 Å². The summed E-state index contributed by atoms with van der Waals surface area (Å²) in [6.07, 6.45) is 6.00. The van der Waals surface area contributed by atoms with Gasteiger partial charge in [-0.1, -0.05) is 31.0 Å². The fourth-order valence-electron chi connectivity index (χ4n) is 6.65. The van der Waals surface area contributed by atoms with Gasteiger partial charge in [-0.15, -0.1) is 0 Å². The molecule has 4 heterocycles. The van der Waals surface area contributed by atoms with Crippen LogP contribution in [0.2, 0.25) is 5.02 Å². The van der Waals surface area contributed by atoms with Crippen LogP contribution in [0.1, 0.15) is 56.2 Å². The predicted molar refractivity (Wildman–Crippen MR) is 148 cm³/mol. The van der Waals surface area contributed by atoms with Crippen molar-refractivity contribution in [1.29, 1.82) is 0 Å². The van der Waals surface area contributed by atoms with Gasteiger partial charge in [0, 0.05) is 34.4 Å². The molecule has 200 valence electrons. The van der Waals surface area contributed by atoms with Crippen LogP contribution >= 0.6 is 11.6 Å². The molecule has 2 aliphatic heterocycles. The van der Waals surface area contributed by atoms with Crippen molar-refractivity contribution in [3.05, 3.63) is 65.1 Å². The Labute approximate surface area is 228 Å². The molecule has 3 aromatic rings. The lowest BCUT2D eigenvalue weighted by Crippen LogP contribution is -2.56. The Kier molecular flexibility index (Phi) is 6.89. The number of fused-ring (bicyclic) bond motifs is 1. The number of aliphatic hydroxyl groups excluding tert-OH is 1. The maximum atomic E-state index is 13.2. The number of nitrogens with zero attached hydrogens (tertiary/aromatic N) is 3. The van der Waals surface area contributed by atoms with Gasteiger partial charge in [-0.2, -0.15) is 0 Å². The maximum absolute atomic E-state index is 13.2. The number of pyridine rings is 2. The molecule has 8 heteroatoms. The van der Waals surface area contributed by atoms with Crippen molar-refractivity contribution in [2.45, 2.75) is 56.6 Å². The lowest BCUT2D eigenvalue weighted by atomic mass is 9.85. The zero-order valence-electron chi connectivity index (χ0n) is 21.9. The van der Waals surface area contributed by atoms with E-state index >= 15 is 0 Å². The Balaban J connectivity index is 1.16. The maximum Gasteiger partial charge on any atom is 0.229 e. The van der Waals surface area contributed by atoms with Crippen LogP contribution in [-0.2, 0) is 9.53 Å². The van der Waals surface area contributed by atoms with Crippen molar-refractivity contribution in [1.82, 2.24) is 14.9 Å². The van der Waals surface area contributed by atoms with Crippen molar-refractivity contribution in [2.75, 3.05) is 31.6 Å². The van der Waals surface area contributed by atoms with Gasteiger partial charge in [-0.3, -0.25) is 14.7 Å². The molecule has 1 saturated carbocycles. The fraction of sp³-hybridized carbons (Fsp3) is 0.500. The average molecular weight is 535 g/mol. The molecule has 2 saturated heterocycles. The van der Waals surface area contributed by atoms with Crippen LogP contribution in [0.4, 0.5) is 5.82 Å². The highest BCUT2D eigenvalue weighted by Crippen LogP contribution is 2.55. The predicted octanol–water partition coefficient (Wildman–Crippen LogP) is 4.99. The number of aliphatic hydroxyl groups is 1. The van der Waals surface area contributed by atoms with Crippen LogP contribution in [-0.4, -0.2) is 63.8 Å². The molecule has 0 radical (unpaired) electrons. The number of aromatic nitrogens is 2. The summed E-state index contributed by atoms with van der Waals surface area (Å²) < 4.78 is 5.55. The summed E-state index contributed by atoms with van der Waals surface area (Å²) in [5, 5.41) is 16.2. The minimum Gasteiger partial charge on any atom is -0.389 e. The molecule has 5 atom stereocenters. The van der Waals surface area contributed by atoms with E-state index in [2.05, 4.69) is 40.1 Å². The van der Waals surface area contributed by atoms with Gasteiger partial charge in [0.1, 0.15) is 5.82 Å². The van der Waals surface area contributed by atoms with Crippen LogP contribution in [0, 0.1) is 11.8 Å².